The molecule has 0 spiro atoms. The molecule has 0 radical (unpaired) electrons. The van der Waals surface area contributed by atoms with E-state index >= 15 is 0 Å². The van der Waals surface area contributed by atoms with Gasteiger partial charge in [0, 0.05) is 5.69 Å². The molecule has 0 aromatic heterocycles. The number of carbonyl (C=O) groups is 1. The van der Waals surface area contributed by atoms with E-state index in [1.807, 2.05) is 26.0 Å². The van der Waals surface area contributed by atoms with Crippen molar-refractivity contribution in [1.82, 2.24) is 0 Å². The van der Waals surface area contributed by atoms with Crippen LogP contribution in [0.15, 0.2) is 36.4 Å². The topological polar surface area (TPSA) is 61.5 Å². The van der Waals surface area contributed by atoms with Crippen molar-refractivity contribution in [3.05, 3.63) is 53.1 Å². The van der Waals surface area contributed by atoms with E-state index in [1.54, 1.807) is 18.2 Å². The standard InChI is InChI=1S/C16H17NO3/c1-10-6-11(2)8-13(7-10)20-15-5-4-12(17)9-14(15)16(18)19-3/h4-9H,17H2,1-3H3. The number of methoxy groups -OCH3 is 1. The Balaban J connectivity index is 2.40. The minimum absolute atomic E-state index is 0.312. The van der Waals surface area contributed by atoms with Crippen LogP contribution in [0.2, 0.25) is 0 Å². The highest BCUT2D eigenvalue weighted by Crippen LogP contribution is 2.29. The zero-order valence-corrected chi connectivity index (χ0v) is 11.8. The summed E-state index contributed by atoms with van der Waals surface area (Å²) in [6.07, 6.45) is 0. The van der Waals surface area contributed by atoms with Crippen LogP contribution >= 0.6 is 0 Å². The van der Waals surface area contributed by atoms with Crippen LogP contribution in [0.4, 0.5) is 5.69 Å². The molecular formula is C16H17NO3. The molecule has 0 fully saturated rings. The third-order valence-electron chi connectivity index (χ3n) is 2.83. The first-order valence-electron chi connectivity index (χ1n) is 6.23. The highest BCUT2D eigenvalue weighted by molar-refractivity contribution is 5.93. The Labute approximate surface area is 118 Å². The van der Waals surface area contributed by atoms with Gasteiger partial charge >= 0.3 is 5.97 Å². The Kier molecular flexibility index (Phi) is 3.94. The molecule has 2 rings (SSSR count). The maximum absolute atomic E-state index is 11.8. The van der Waals surface area contributed by atoms with Gasteiger partial charge in [0.25, 0.3) is 0 Å². The Morgan fingerprint density at radius 1 is 1.05 bits per heavy atom. The number of benzene rings is 2. The molecule has 0 saturated heterocycles. The lowest BCUT2D eigenvalue weighted by atomic mass is 10.1. The first kappa shape index (κ1) is 13.9. The van der Waals surface area contributed by atoms with Crippen molar-refractivity contribution in [1.29, 1.82) is 0 Å². The van der Waals surface area contributed by atoms with Crippen LogP contribution in [0.25, 0.3) is 0 Å². The minimum atomic E-state index is -0.475. The monoisotopic (exact) mass is 271 g/mol. The summed E-state index contributed by atoms with van der Waals surface area (Å²) in [5, 5.41) is 0. The molecule has 0 saturated carbocycles. The normalized spacial score (nSPS) is 10.2. The van der Waals surface area contributed by atoms with Gasteiger partial charge in [-0.15, -0.1) is 0 Å². The molecule has 0 amide bonds. The zero-order valence-electron chi connectivity index (χ0n) is 11.8. The zero-order chi connectivity index (χ0) is 14.7. The van der Waals surface area contributed by atoms with Gasteiger partial charge in [-0.1, -0.05) is 6.07 Å². The number of anilines is 1. The van der Waals surface area contributed by atoms with E-state index in [2.05, 4.69) is 6.07 Å². The second-order valence-corrected chi connectivity index (χ2v) is 4.67. The third kappa shape index (κ3) is 3.09. The third-order valence-corrected chi connectivity index (χ3v) is 2.83. The van der Waals surface area contributed by atoms with E-state index in [0.717, 1.165) is 11.1 Å². The molecule has 0 aliphatic heterocycles. The lowest BCUT2D eigenvalue weighted by Gasteiger charge is -2.11. The fourth-order valence-corrected chi connectivity index (χ4v) is 2.02. The largest absolute Gasteiger partial charge is 0.465 e. The van der Waals surface area contributed by atoms with Crippen molar-refractivity contribution in [3.8, 4) is 11.5 Å². The van der Waals surface area contributed by atoms with Gasteiger partial charge in [-0.2, -0.15) is 0 Å². The quantitative estimate of drug-likeness (QED) is 0.686. The summed E-state index contributed by atoms with van der Waals surface area (Å²) in [5.41, 5.74) is 8.68. The van der Waals surface area contributed by atoms with E-state index < -0.39 is 5.97 Å². The molecule has 0 unspecified atom stereocenters. The van der Waals surface area contributed by atoms with Crippen LogP contribution in [0.5, 0.6) is 11.5 Å². The number of nitrogen functional groups attached to an aromatic ring is 1. The predicted molar refractivity (Wildman–Crippen MR) is 78.2 cm³/mol. The number of aryl methyl sites for hydroxylation is 2. The molecule has 4 nitrogen and oxygen atoms in total. The van der Waals surface area contributed by atoms with Crippen LogP contribution in [-0.4, -0.2) is 13.1 Å². The van der Waals surface area contributed by atoms with E-state index in [0.29, 0.717) is 22.7 Å². The number of hydrogen-bond acceptors (Lipinski definition) is 4. The number of ether oxygens (including phenoxy) is 2. The Morgan fingerprint density at radius 2 is 1.70 bits per heavy atom. The molecule has 0 heterocycles. The first-order chi connectivity index (χ1) is 9.49. The summed E-state index contributed by atoms with van der Waals surface area (Å²) in [4.78, 5) is 11.8. The summed E-state index contributed by atoms with van der Waals surface area (Å²) < 4.78 is 10.5. The molecule has 20 heavy (non-hydrogen) atoms. The van der Waals surface area contributed by atoms with Gasteiger partial charge in [-0.25, -0.2) is 4.79 Å². The van der Waals surface area contributed by atoms with Crippen LogP contribution in [0.1, 0.15) is 21.5 Å². The number of hydrogen-bond donors (Lipinski definition) is 1. The summed E-state index contributed by atoms with van der Waals surface area (Å²) in [5.74, 6) is 0.630. The van der Waals surface area contributed by atoms with Crippen LogP contribution < -0.4 is 10.5 Å². The fourth-order valence-electron chi connectivity index (χ4n) is 2.02. The molecule has 0 aliphatic carbocycles. The molecule has 0 bridgehead atoms. The average molecular weight is 271 g/mol. The van der Waals surface area contributed by atoms with Gasteiger partial charge in [-0.05, 0) is 55.3 Å². The SMILES string of the molecule is COC(=O)c1cc(N)ccc1Oc1cc(C)cc(C)c1. The molecule has 0 atom stereocenters. The van der Waals surface area contributed by atoms with E-state index in [1.165, 1.54) is 7.11 Å². The summed E-state index contributed by atoms with van der Waals surface area (Å²) >= 11 is 0. The molecule has 2 aromatic rings. The van der Waals surface area contributed by atoms with Crippen molar-refractivity contribution in [2.24, 2.45) is 0 Å². The smallest absolute Gasteiger partial charge is 0.341 e. The van der Waals surface area contributed by atoms with E-state index in [4.69, 9.17) is 15.2 Å². The van der Waals surface area contributed by atoms with Gasteiger partial charge in [0.15, 0.2) is 0 Å². The van der Waals surface area contributed by atoms with Gasteiger partial charge < -0.3 is 15.2 Å². The second-order valence-electron chi connectivity index (χ2n) is 4.67. The summed E-state index contributed by atoms with van der Waals surface area (Å²) in [7, 11) is 1.33. The summed E-state index contributed by atoms with van der Waals surface area (Å²) in [6.45, 7) is 3.98. The Morgan fingerprint density at radius 3 is 2.30 bits per heavy atom. The maximum Gasteiger partial charge on any atom is 0.341 e. The predicted octanol–water partition coefficient (Wildman–Crippen LogP) is 3.46. The van der Waals surface area contributed by atoms with Crippen molar-refractivity contribution in [3.63, 3.8) is 0 Å². The first-order valence-corrected chi connectivity index (χ1v) is 6.23. The highest BCUT2D eigenvalue weighted by atomic mass is 16.5. The Bertz CT molecular complexity index is 630. The average Bonchev–Trinajstić information content (AvgIpc) is 2.38. The van der Waals surface area contributed by atoms with Crippen molar-refractivity contribution in [2.45, 2.75) is 13.8 Å². The molecule has 4 heteroatoms. The van der Waals surface area contributed by atoms with Crippen molar-refractivity contribution < 1.29 is 14.3 Å². The number of carbonyl (C=O) groups excluding carboxylic acids is 1. The van der Waals surface area contributed by atoms with Crippen LogP contribution in [0, 0.1) is 13.8 Å². The van der Waals surface area contributed by atoms with Crippen molar-refractivity contribution in [2.75, 3.05) is 12.8 Å². The van der Waals surface area contributed by atoms with E-state index in [9.17, 15) is 4.79 Å². The van der Waals surface area contributed by atoms with E-state index in [-0.39, 0.29) is 0 Å². The Hall–Kier alpha value is -2.49. The van der Waals surface area contributed by atoms with Crippen LogP contribution in [-0.2, 0) is 4.74 Å². The number of nitrogens with two attached hydrogens (primary N) is 1. The van der Waals surface area contributed by atoms with Gasteiger partial charge in [-0.3, -0.25) is 0 Å². The fraction of sp³-hybridized carbons (Fsp3) is 0.188. The highest BCUT2D eigenvalue weighted by Gasteiger charge is 2.14. The van der Waals surface area contributed by atoms with Crippen molar-refractivity contribution >= 4 is 11.7 Å². The molecule has 2 N–H and O–H groups in total. The molecule has 0 aliphatic rings. The molecular weight excluding hydrogens is 254 g/mol. The van der Waals surface area contributed by atoms with Gasteiger partial charge in [0.2, 0.25) is 0 Å². The van der Waals surface area contributed by atoms with Crippen LogP contribution in [0.3, 0.4) is 0 Å². The number of esters is 1. The van der Waals surface area contributed by atoms with Gasteiger partial charge in [0.1, 0.15) is 17.1 Å². The van der Waals surface area contributed by atoms with Gasteiger partial charge in [0.05, 0.1) is 7.11 Å². The lowest BCUT2D eigenvalue weighted by molar-refractivity contribution is 0.0598. The minimum Gasteiger partial charge on any atom is -0.465 e. The lowest BCUT2D eigenvalue weighted by Crippen LogP contribution is -2.04. The molecule has 104 valence electrons. The molecule has 2 aromatic carbocycles. The number of rotatable bonds is 3. The summed E-state index contributed by atoms with van der Waals surface area (Å²) in [6, 6.07) is 10.8. The maximum atomic E-state index is 11.8. The second kappa shape index (κ2) is 5.65.